The first kappa shape index (κ1) is 15.6. The van der Waals surface area contributed by atoms with Gasteiger partial charge in [-0.05, 0) is 31.5 Å². The summed E-state index contributed by atoms with van der Waals surface area (Å²) in [6.45, 7) is 7.91. The molecule has 0 aliphatic carbocycles. The van der Waals surface area contributed by atoms with Crippen molar-refractivity contribution < 1.29 is 4.42 Å². The Morgan fingerprint density at radius 2 is 2.00 bits per heavy atom. The number of rotatable bonds is 6. The van der Waals surface area contributed by atoms with Crippen LogP contribution in [-0.2, 0) is 0 Å². The van der Waals surface area contributed by atoms with Crippen LogP contribution in [0.2, 0.25) is 0 Å². The molecule has 0 aliphatic heterocycles. The lowest BCUT2D eigenvalue weighted by Crippen LogP contribution is -2.21. The van der Waals surface area contributed by atoms with Crippen molar-refractivity contribution in [1.82, 2.24) is 4.98 Å². The van der Waals surface area contributed by atoms with E-state index < -0.39 is 0 Å². The van der Waals surface area contributed by atoms with E-state index in [4.69, 9.17) is 9.68 Å². The molecule has 0 unspecified atom stereocenters. The van der Waals surface area contributed by atoms with Crippen molar-refractivity contribution in [2.75, 3.05) is 23.4 Å². The van der Waals surface area contributed by atoms with Crippen LogP contribution >= 0.6 is 0 Å². The molecule has 0 radical (unpaired) electrons. The van der Waals surface area contributed by atoms with E-state index in [9.17, 15) is 0 Å². The lowest BCUT2D eigenvalue weighted by molar-refractivity contribution is 0.533. The van der Waals surface area contributed by atoms with Gasteiger partial charge in [0.2, 0.25) is 5.69 Å². The summed E-state index contributed by atoms with van der Waals surface area (Å²) in [7, 11) is 0. The van der Waals surface area contributed by atoms with Crippen LogP contribution in [0.25, 0.3) is 0 Å². The normalized spacial score (nSPS) is 10.6. The highest BCUT2D eigenvalue weighted by Gasteiger charge is 2.08. The second kappa shape index (κ2) is 7.27. The number of aromatic nitrogens is 1. The van der Waals surface area contributed by atoms with Crippen molar-refractivity contribution in [3.05, 3.63) is 41.4 Å². The molecule has 22 heavy (non-hydrogen) atoms. The number of hydrogen-bond acceptors (Lipinski definition) is 6. The fraction of sp³-hybridized carbons (Fsp3) is 0.312. The average molecular weight is 297 g/mol. The number of hydrazone groups is 1. The molecule has 6 heteroatoms. The van der Waals surface area contributed by atoms with Crippen LogP contribution in [0.4, 0.5) is 11.6 Å². The smallest absolute Gasteiger partial charge is 0.252 e. The standard InChI is InChI=1S/C16H19N5O/c1-4-21(5-2)14-8-6-13(7-9-14)11-18-20-16-15(10-17)19-12(3)22-16/h6-9,11,20H,4-5H2,1-3H3/b18-11+. The first-order chi connectivity index (χ1) is 10.7. The Morgan fingerprint density at radius 1 is 1.32 bits per heavy atom. The first-order valence-corrected chi connectivity index (χ1v) is 7.19. The monoisotopic (exact) mass is 297 g/mol. The van der Waals surface area contributed by atoms with Crippen LogP contribution < -0.4 is 10.3 Å². The molecule has 0 amide bonds. The van der Waals surface area contributed by atoms with Gasteiger partial charge in [-0.15, -0.1) is 0 Å². The molecule has 0 spiro atoms. The zero-order chi connectivity index (χ0) is 15.9. The zero-order valence-electron chi connectivity index (χ0n) is 13.0. The molecule has 0 saturated carbocycles. The van der Waals surface area contributed by atoms with Crippen LogP contribution in [-0.4, -0.2) is 24.3 Å². The van der Waals surface area contributed by atoms with Crippen LogP contribution in [0.3, 0.4) is 0 Å². The maximum absolute atomic E-state index is 8.91. The van der Waals surface area contributed by atoms with Crippen molar-refractivity contribution in [3.63, 3.8) is 0 Å². The first-order valence-electron chi connectivity index (χ1n) is 7.19. The highest BCUT2D eigenvalue weighted by Crippen LogP contribution is 2.16. The van der Waals surface area contributed by atoms with Crippen LogP contribution in [0.5, 0.6) is 0 Å². The van der Waals surface area contributed by atoms with Gasteiger partial charge in [0.05, 0.1) is 6.21 Å². The minimum absolute atomic E-state index is 0.200. The third-order valence-corrected chi connectivity index (χ3v) is 3.24. The van der Waals surface area contributed by atoms with Gasteiger partial charge in [-0.2, -0.15) is 10.4 Å². The Bertz CT molecular complexity index is 678. The number of anilines is 2. The molecule has 2 rings (SSSR count). The number of benzene rings is 1. The quantitative estimate of drug-likeness (QED) is 0.654. The molecule has 0 saturated heterocycles. The number of oxazole rings is 1. The summed E-state index contributed by atoms with van der Waals surface area (Å²) in [5.74, 6) is 0.689. The lowest BCUT2D eigenvalue weighted by Gasteiger charge is -2.20. The molecule has 1 N–H and O–H groups in total. The van der Waals surface area contributed by atoms with E-state index in [0.29, 0.717) is 5.89 Å². The predicted octanol–water partition coefficient (Wildman–Crippen LogP) is 3.15. The van der Waals surface area contributed by atoms with Crippen molar-refractivity contribution in [1.29, 1.82) is 5.26 Å². The van der Waals surface area contributed by atoms with Gasteiger partial charge in [0, 0.05) is 25.7 Å². The maximum Gasteiger partial charge on any atom is 0.252 e. The highest BCUT2D eigenvalue weighted by atomic mass is 16.4. The number of nitrogens with one attached hydrogen (secondary N) is 1. The third kappa shape index (κ3) is 3.64. The van der Waals surface area contributed by atoms with Crippen LogP contribution in [0.15, 0.2) is 33.8 Å². The second-order valence-corrected chi connectivity index (χ2v) is 4.66. The minimum Gasteiger partial charge on any atom is -0.422 e. The molecule has 0 aliphatic rings. The fourth-order valence-corrected chi connectivity index (χ4v) is 2.10. The third-order valence-electron chi connectivity index (χ3n) is 3.24. The van der Waals surface area contributed by atoms with E-state index in [-0.39, 0.29) is 11.6 Å². The van der Waals surface area contributed by atoms with Crippen molar-refractivity contribution in [3.8, 4) is 6.07 Å². The lowest BCUT2D eigenvalue weighted by atomic mass is 10.2. The Kier molecular flexibility index (Phi) is 5.15. The fourth-order valence-electron chi connectivity index (χ4n) is 2.10. The van der Waals surface area contributed by atoms with Gasteiger partial charge in [-0.3, -0.25) is 0 Å². The van der Waals surface area contributed by atoms with Crippen molar-refractivity contribution in [2.45, 2.75) is 20.8 Å². The van der Waals surface area contributed by atoms with Crippen LogP contribution in [0, 0.1) is 18.3 Å². The van der Waals surface area contributed by atoms with Gasteiger partial charge in [0.15, 0.2) is 5.89 Å². The average Bonchev–Trinajstić information content (AvgIpc) is 2.90. The summed E-state index contributed by atoms with van der Waals surface area (Å²) < 4.78 is 5.26. The summed E-state index contributed by atoms with van der Waals surface area (Å²) in [6, 6.07) is 10.1. The molecule has 1 aromatic heterocycles. The molecule has 1 aromatic carbocycles. The van der Waals surface area contributed by atoms with Crippen molar-refractivity contribution >= 4 is 17.8 Å². The molecule has 0 bridgehead atoms. The largest absolute Gasteiger partial charge is 0.422 e. The van der Waals surface area contributed by atoms with Crippen molar-refractivity contribution in [2.24, 2.45) is 5.10 Å². The summed E-state index contributed by atoms with van der Waals surface area (Å²) >= 11 is 0. The van der Waals surface area contributed by atoms with E-state index >= 15 is 0 Å². The molecule has 0 fully saturated rings. The topological polar surface area (TPSA) is 77.4 Å². The Hall–Kier alpha value is -2.81. The van der Waals surface area contributed by atoms with E-state index in [1.165, 1.54) is 5.69 Å². The predicted molar refractivity (Wildman–Crippen MR) is 87.2 cm³/mol. The van der Waals surface area contributed by atoms with Gasteiger partial charge >= 0.3 is 0 Å². The van der Waals surface area contributed by atoms with Gasteiger partial charge in [-0.1, -0.05) is 12.1 Å². The van der Waals surface area contributed by atoms with E-state index in [1.807, 2.05) is 18.2 Å². The SMILES string of the molecule is CCN(CC)c1ccc(/C=N/Nc2oc(C)nc2C#N)cc1. The minimum atomic E-state index is 0.200. The van der Waals surface area contributed by atoms with Gasteiger partial charge in [0.1, 0.15) is 6.07 Å². The summed E-state index contributed by atoms with van der Waals surface area (Å²) in [5.41, 5.74) is 5.05. The summed E-state index contributed by atoms with van der Waals surface area (Å²) in [5, 5.41) is 13.0. The highest BCUT2D eigenvalue weighted by molar-refractivity contribution is 5.80. The molecular formula is C16H19N5O. The molecule has 114 valence electrons. The maximum atomic E-state index is 8.91. The zero-order valence-corrected chi connectivity index (χ0v) is 13.0. The molecule has 2 aromatic rings. The molecular weight excluding hydrogens is 278 g/mol. The van der Waals surface area contributed by atoms with Gasteiger partial charge in [-0.25, -0.2) is 10.4 Å². The number of aryl methyl sites for hydroxylation is 1. The summed E-state index contributed by atoms with van der Waals surface area (Å²) in [6.07, 6.45) is 1.67. The summed E-state index contributed by atoms with van der Waals surface area (Å²) in [4.78, 5) is 6.21. The molecule has 1 heterocycles. The number of nitrogens with zero attached hydrogens (tertiary/aromatic N) is 4. The van der Waals surface area contributed by atoms with Gasteiger partial charge in [0.25, 0.3) is 5.88 Å². The Balaban J connectivity index is 2.03. The molecule has 0 atom stereocenters. The number of hydrogen-bond donors (Lipinski definition) is 1. The number of nitriles is 1. The van der Waals surface area contributed by atoms with E-state index in [2.05, 4.69) is 46.4 Å². The van der Waals surface area contributed by atoms with Gasteiger partial charge < -0.3 is 9.32 Å². The molecule has 6 nitrogen and oxygen atoms in total. The Morgan fingerprint density at radius 3 is 2.59 bits per heavy atom. The second-order valence-electron chi connectivity index (χ2n) is 4.66. The van der Waals surface area contributed by atoms with Crippen LogP contribution in [0.1, 0.15) is 31.0 Å². The Labute approximate surface area is 130 Å². The van der Waals surface area contributed by atoms with E-state index in [0.717, 1.165) is 18.7 Å². The van der Waals surface area contributed by atoms with E-state index in [1.54, 1.807) is 13.1 Å².